The van der Waals surface area contributed by atoms with Crippen LogP contribution in [0.2, 0.25) is 0 Å². The summed E-state index contributed by atoms with van der Waals surface area (Å²) in [6.45, 7) is 2.79. The molecule has 2 amide bonds. The minimum absolute atomic E-state index is 0.173. The van der Waals surface area contributed by atoms with Gasteiger partial charge in [0.15, 0.2) is 0 Å². The second-order valence-electron chi connectivity index (χ2n) is 5.75. The highest BCUT2D eigenvalue weighted by atomic mass is 16.2. The Balaban J connectivity index is 1.81. The fourth-order valence-electron chi connectivity index (χ4n) is 2.85. The smallest absolute Gasteiger partial charge is 0.258 e. The largest absolute Gasteiger partial charge is 0.322 e. The first-order chi connectivity index (χ1) is 11.1. The third-order valence-electron chi connectivity index (χ3n) is 3.95. The van der Waals surface area contributed by atoms with Crippen LogP contribution in [0.3, 0.4) is 0 Å². The molecule has 1 aliphatic heterocycles. The Hall–Kier alpha value is -2.63. The molecule has 1 aromatic heterocycles. The molecular weight excluding hydrogens is 292 g/mol. The lowest BCUT2D eigenvalue weighted by atomic mass is 10.00. The molecular formula is C17H20N4O2. The molecule has 3 rings (SSSR count). The fourth-order valence-corrected chi connectivity index (χ4v) is 2.85. The van der Waals surface area contributed by atoms with E-state index in [4.69, 9.17) is 0 Å². The molecule has 0 bridgehead atoms. The van der Waals surface area contributed by atoms with Crippen LogP contribution in [0.25, 0.3) is 0 Å². The van der Waals surface area contributed by atoms with Gasteiger partial charge in [-0.1, -0.05) is 6.92 Å². The molecule has 0 fully saturated rings. The van der Waals surface area contributed by atoms with Gasteiger partial charge in [-0.25, -0.2) is 0 Å². The summed E-state index contributed by atoms with van der Waals surface area (Å²) in [5.74, 6) is -0.0122. The number of benzene rings is 1. The molecule has 6 heteroatoms. The Kier molecular flexibility index (Phi) is 4.14. The van der Waals surface area contributed by atoms with Crippen molar-refractivity contribution >= 4 is 23.2 Å². The van der Waals surface area contributed by atoms with E-state index in [-0.39, 0.29) is 11.8 Å². The monoisotopic (exact) mass is 312 g/mol. The van der Waals surface area contributed by atoms with E-state index in [0.29, 0.717) is 18.4 Å². The minimum atomic E-state index is -0.185. The Morgan fingerprint density at radius 1 is 1.35 bits per heavy atom. The van der Waals surface area contributed by atoms with Gasteiger partial charge in [0.05, 0.1) is 11.8 Å². The molecule has 6 nitrogen and oxygen atoms in total. The fraction of sp³-hybridized carbons (Fsp3) is 0.353. The van der Waals surface area contributed by atoms with Crippen LogP contribution < -0.4 is 10.2 Å². The van der Waals surface area contributed by atoms with E-state index < -0.39 is 0 Å². The highest BCUT2D eigenvalue weighted by molar-refractivity contribution is 6.04. The molecule has 1 aliphatic rings. The molecule has 0 atom stereocenters. The van der Waals surface area contributed by atoms with Crippen molar-refractivity contribution in [2.24, 2.45) is 7.05 Å². The number of amides is 2. The molecule has 1 aromatic carbocycles. The highest BCUT2D eigenvalue weighted by Gasteiger charge is 2.23. The first-order valence-corrected chi connectivity index (χ1v) is 7.81. The van der Waals surface area contributed by atoms with Crippen molar-refractivity contribution in [3.8, 4) is 0 Å². The summed E-state index contributed by atoms with van der Waals surface area (Å²) < 4.78 is 1.59. The average molecular weight is 312 g/mol. The normalized spacial score (nSPS) is 13.8. The van der Waals surface area contributed by atoms with Gasteiger partial charge in [0, 0.05) is 37.6 Å². The molecule has 0 saturated carbocycles. The van der Waals surface area contributed by atoms with Crippen LogP contribution in [0.1, 0.15) is 35.7 Å². The summed E-state index contributed by atoms with van der Waals surface area (Å²) in [6, 6.07) is 5.72. The molecule has 0 saturated heterocycles. The molecule has 0 unspecified atom stereocenters. The molecule has 120 valence electrons. The third-order valence-corrected chi connectivity index (χ3v) is 3.95. The predicted molar refractivity (Wildman–Crippen MR) is 88.6 cm³/mol. The van der Waals surface area contributed by atoms with Crippen molar-refractivity contribution in [2.45, 2.75) is 26.2 Å². The molecule has 0 spiro atoms. The summed E-state index contributed by atoms with van der Waals surface area (Å²) in [7, 11) is 1.77. The Labute approximate surface area is 135 Å². The van der Waals surface area contributed by atoms with E-state index in [1.54, 1.807) is 17.9 Å². The van der Waals surface area contributed by atoms with Crippen molar-refractivity contribution in [3.05, 3.63) is 41.7 Å². The number of aromatic nitrogens is 2. The van der Waals surface area contributed by atoms with Gasteiger partial charge in [-0.05, 0) is 36.6 Å². The average Bonchev–Trinajstić information content (AvgIpc) is 2.97. The van der Waals surface area contributed by atoms with Gasteiger partial charge in [0.25, 0.3) is 5.91 Å². The van der Waals surface area contributed by atoms with E-state index in [2.05, 4.69) is 17.3 Å². The molecule has 0 radical (unpaired) electrons. The zero-order valence-electron chi connectivity index (χ0n) is 13.4. The van der Waals surface area contributed by atoms with Gasteiger partial charge in [0.2, 0.25) is 5.91 Å². The van der Waals surface area contributed by atoms with Gasteiger partial charge in [-0.3, -0.25) is 14.3 Å². The number of carbonyl (C=O) groups is 2. The number of hydrogen-bond acceptors (Lipinski definition) is 3. The van der Waals surface area contributed by atoms with Gasteiger partial charge in [-0.15, -0.1) is 0 Å². The van der Waals surface area contributed by atoms with Crippen LogP contribution >= 0.6 is 0 Å². The summed E-state index contributed by atoms with van der Waals surface area (Å²) >= 11 is 0. The van der Waals surface area contributed by atoms with Crippen LogP contribution in [0, 0.1) is 0 Å². The van der Waals surface area contributed by atoms with Crippen LogP contribution in [-0.2, 0) is 18.3 Å². The van der Waals surface area contributed by atoms with Gasteiger partial charge in [0.1, 0.15) is 0 Å². The van der Waals surface area contributed by atoms with Crippen molar-refractivity contribution in [1.29, 1.82) is 0 Å². The van der Waals surface area contributed by atoms with Crippen molar-refractivity contribution in [3.63, 3.8) is 0 Å². The number of fused-ring (bicyclic) bond motifs is 1. The lowest BCUT2D eigenvalue weighted by molar-refractivity contribution is -0.118. The second-order valence-corrected chi connectivity index (χ2v) is 5.75. The molecule has 2 aromatic rings. The first-order valence-electron chi connectivity index (χ1n) is 7.81. The third kappa shape index (κ3) is 3.11. The lowest BCUT2D eigenvalue weighted by Crippen LogP contribution is -2.35. The van der Waals surface area contributed by atoms with E-state index in [1.807, 2.05) is 23.1 Å². The van der Waals surface area contributed by atoms with Crippen LogP contribution in [-0.4, -0.2) is 28.1 Å². The second kappa shape index (κ2) is 6.24. The number of anilines is 2. The molecule has 0 aliphatic carbocycles. The van der Waals surface area contributed by atoms with Crippen LogP contribution in [0.5, 0.6) is 0 Å². The van der Waals surface area contributed by atoms with Crippen LogP contribution in [0.4, 0.5) is 11.4 Å². The standard InChI is InChI=1S/C17H20N4O2/c1-3-8-21-15-6-5-14(9-12(15)4-7-16(21)22)19-17(23)13-10-18-20(2)11-13/h5-6,9-11H,3-4,7-8H2,1-2H3,(H,19,23). The molecule has 2 heterocycles. The van der Waals surface area contributed by atoms with Crippen molar-refractivity contribution in [1.82, 2.24) is 9.78 Å². The maximum absolute atomic E-state index is 12.2. The highest BCUT2D eigenvalue weighted by Crippen LogP contribution is 2.30. The van der Waals surface area contributed by atoms with E-state index in [1.165, 1.54) is 6.20 Å². The summed E-state index contributed by atoms with van der Waals surface area (Å²) in [6.07, 6.45) is 5.37. The Bertz CT molecular complexity index is 751. The quantitative estimate of drug-likeness (QED) is 0.942. The van der Waals surface area contributed by atoms with Gasteiger partial charge >= 0.3 is 0 Å². The number of carbonyl (C=O) groups excluding carboxylic acids is 2. The summed E-state index contributed by atoms with van der Waals surface area (Å²) in [4.78, 5) is 26.1. The maximum atomic E-state index is 12.2. The Morgan fingerprint density at radius 2 is 2.17 bits per heavy atom. The maximum Gasteiger partial charge on any atom is 0.258 e. The van der Waals surface area contributed by atoms with Crippen LogP contribution in [0.15, 0.2) is 30.6 Å². The summed E-state index contributed by atoms with van der Waals surface area (Å²) in [5, 5.41) is 6.88. The van der Waals surface area contributed by atoms with E-state index in [9.17, 15) is 9.59 Å². The zero-order chi connectivity index (χ0) is 16.4. The number of aryl methyl sites for hydroxylation is 2. The van der Waals surface area contributed by atoms with E-state index in [0.717, 1.165) is 29.9 Å². The van der Waals surface area contributed by atoms with Crippen molar-refractivity contribution < 1.29 is 9.59 Å². The number of nitrogens with one attached hydrogen (secondary N) is 1. The Morgan fingerprint density at radius 3 is 2.87 bits per heavy atom. The van der Waals surface area contributed by atoms with E-state index >= 15 is 0 Å². The molecule has 1 N–H and O–H groups in total. The topological polar surface area (TPSA) is 67.2 Å². The van der Waals surface area contributed by atoms with Gasteiger partial charge in [-0.2, -0.15) is 5.10 Å². The first kappa shape index (κ1) is 15.3. The SMILES string of the molecule is CCCN1C(=O)CCc2cc(NC(=O)c3cnn(C)c3)ccc21. The van der Waals surface area contributed by atoms with Gasteiger partial charge < -0.3 is 10.2 Å². The predicted octanol–water partition coefficient (Wildman–Crippen LogP) is 2.36. The number of nitrogens with zero attached hydrogens (tertiary/aromatic N) is 3. The number of hydrogen-bond donors (Lipinski definition) is 1. The number of rotatable bonds is 4. The molecule has 23 heavy (non-hydrogen) atoms. The summed E-state index contributed by atoms with van der Waals surface area (Å²) in [5.41, 5.74) is 3.32. The minimum Gasteiger partial charge on any atom is -0.322 e. The zero-order valence-corrected chi connectivity index (χ0v) is 13.4. The van der Waals surface area contributed by atoms with Crippen molar-refractivity contribution in [2.75, 3.05) is 16.8 Å². The lowest BCUT2D eigenvalue weighted by Gasteiger charge is -2.29.